The minimum absolute atomic E-state index is 0.0163. The number of piperidine rings is 1. The molecule has 0 aliphatic carbocycles. The first-order valence-electron chi connectivity index (χ1n) is 10.8. The zero-order valence-corrected chi connectivity index (χ0v) is 18.7. The highest BCUT2D eigenvalue weighted by Crippen LogP contribution is 2.18. The van der Waals surface area contributed by atoms with Gasteiger partial charge in [-0.15, -0.1) is 0 Å². The Labute approximate surface area is 170 Å². The smallest absolute Gasteiger partial charge is 0.408 e. The molecule has 0 aromatic carbocycles. The third-order valence-corrected chi connectivity index (χ3v) is 5.53. The molecule has 0 radical (unpaired) electrons. The predicted molar refractivity (Wildman–Crippen MR) is 111 cm³/mol. The van der Waals surface area contributed by atoms with Crippen LogP contribution in [0.4, 0.5) is 4.79 Å². The van der Waals surface area contributed by atoms with Gasteiger partial charge in [0.15, 0.2) is 0 Å². The summed E-state index contributed by atoms with van der Waals surface area (Å²) >= 11 is 0. The molecule has 0 unspecified atom stereocenters. The van der Waals surface area contributed by atoms with Crippen molar-refractivity contribution in [3.05, 3.63) is 0 Å². The van der Waals surface area contributed by atoms with Crippen LogP contribution in [0.2, 0.25) is 0 Å². The van der Waals surface area contributed by atoms with E-state index in [9.17, 15) is 9.59 Å². The van der Waals surface area contributed by atoms with Crippen molar-refractivity contribution in [2.75, 3.05) is 46.3 Å². The summed E-state index contributed by atoms with van der Waals surface area (Å²) in [6.45, 7) is 15.2. The van der Waals surface area contributed by atoms with Gasteiger partial charge in [0.25, 0.3) is 0 Å². The molecule has 2 amide bonds. The summed E-state index contributed by atoms with van der Waals surface area (Å²) in [5, 5.41) is 2.81. The molecule has 2 aliphatic heterocycles. The summed E-state index contributed by atoms with van der Waals surface area (Å²) in [7, 11) is 2.18. The molecule has 0 aromatic rings. The molecule has 0 bridgehead atoms. The summed E-state index contributed by atoms with van der Waals surface area (Å²) in [5.41, 5.74) is -0.574. The zero-order chi connectivity index (χ0) is 20.9. The van der Waals surface area contributed by atoms with Crippen molar-refractivity contribution in [2.24, 2.45) is 5.92 Å². The molecule has 2 saturated heterocycles. The number of carbonyl (C=O) groups excluding carboxylic acids is 2. The molecule has 0 saturated carbocycles. The number of carbonyl (C=O) groups is 2. The Morgan fingerprint density at radius 3 is 2.11 bits per heavy atom. The Morgan fingerprint density at radius 2 is 1.61 bits per heavy atom. The lowest BCUT2D eigenvalue weighted by atomic mass is 10.0. The minimum Gasteiger partial charge on any atom is -0.444 e. The molecule has 2 aliphatic rings. The van der Waals surface area contributed by atoms with E-state index >= 15 is 0 Å². The monoisotopic (exact) mass is 396 g/mol. The second kappa shape index (κ2) is 9.92. The van der Waals surface area contributed by atoms with Crippen LogP contribution >= 0.6 is 0 Å². The Bertz CT molecular complexity index is 516. The SMILES string of the molecule is CC(C)C[C@@H](NC(=O)OC(C)(C)C)C(=O)N1CCN(C2CCN(C)CC2)CC1. The average molecular weight is 397 g/mol. The largest absolute Gasteiger partial charge is 0.444 e. The zero-order valence-electron chi connectivity index (χ0n) is 18.7. The number of nitrogens with zero attached hydrogens (tertiary/aromatic N) is 3. The fourth-order valence-electron chi connectivity index (χ4n) is 4.03. The predicted octanol–water partition coefficient (Wildman–Crippen LogP) is 2.16. The maximum Gasteiger partial charge on any atom is 0.408 e. The third-order valence-electron chi connectivity index (χ3n) is 5.53. The lowest BCUT2D eigenvalue weighted by Gasteiger charge is -2.42. The molecule has 1 N–H and O–H groups in total. The molecule has 7 nitrogen and oxygen atoms in total. The van der Waals surface area contributed by atoms with Crippen LogP contribution in [0.15, 0.2) is 0 Å². The first kappa shape index (κ1) is 22.9. The van der Waals surface area contributed by atoms with Gasteiger partial charge in [0, 0.05) is 32.2 Å². The van der Waals surface area contributed by atoms with Gasteiger partial charge in [0.2, 0.25) is 5.91 Å². The van der Waals surface area contributed by atoms with Crippen LogP contribution in [-0.4, -0.2) is 90.7 Å². The number of likely N-dealkylation sites (tertiary alicyclic amines) is 1. The van der Waals surface area contributed by atoms with E-state index in [-0.39, 0.29) is 5.91 Å². The molecule has 0 aromatic heterocycles. The molecule has 7 heteroatoms. The first-order chi connectivity index (χ1) is 13.0. The van der Waals surface area contributed by atoms with E-state index in [1.54, 1.807) is 0 Å². The van der Waals surface area contributed by atoms with Crippen LogP contribution < -0.4 is 5.32 Å². The summed E-state index contributed by atoms with van der Waals surface area (Å²) in [6.07, 6.45) is 2.52. The number of piperazine rings is 1. The first-order valence-corrected chi connectivity index (χ1v) is 10.8. The van der Waals surface area contributed by atoms with Crippen LogP contribution in [0, 0.1) is 5.92 Å². The second-order valence-corrected chi connectivity index (χ2v) is 9.72. The van der Waals surface area contributed by atoms with E-state index < -0.39 is 17.7 Å². The van der Waals surface area contributed by atoms with E-state index in [4.69, 9.17) is 4.74 Å². The number of nitrogens with one attached hydrogen (secondary N) is 1. The highest BCUT2D eigenvalue weighted by atomic mass is 16.6. The maximum atomic E-state index is 13.1. The van der Waals surface area contributed by atoms with Crippen LogP contribution in [0.5, 0.6) is 0 Å². The molecule has 1 atom stereocenters. The van der Waals surface area contributed by atoms with E-state index in [2.05, 4.69) is 36.0 Å². The summed E-state index contributed by atoms with van der Waals surface area (Å²) in [6, 6.07) is 0.115. The van der Waals surface area contributed by atoms with E-state index in [1.807, 2.05) is 25.7 Å². The fourth-order valence-corrected chi connectivity index (χ4v) is 4.03. The highest BCUT2D eigenvalue weighted by Gasteiger charge is 2.32. The fraction of sp³-hybridized carbons (Fsp3) is 0.905. The van der Waals surface area contributed by atoms with Crippen LogP contribution in [0.25, 0.3) is 0 Å². The lowest BCUT2D eigenvalue weighted by molar-refractivity contribution is -0.136. The van der Waals surface area contributed by atoms with Crippen LogP contribution in [-0.2, 0) is 9.53 Å². The number of hydrogen-bond donors (Lipinski definition) is 1. The third kappa shape index (κ3) is 7.24. The molecule has 0 spiro atoms. The van der Waals surface area contributed by atoms with E-state index in [0.717, 1.165) is 39.3 Å². The Balaban J connectivity index is 1.89. The van der Waals surface area contributed by atoms with Crippen molar-refractivity contribution in [3.8, 4) is 0 Å². The number of alkyl carbamates (subject to hydrolysis) is 1. The Morgan fingerprint density at radius 1 is 1.04 bits per heavy atom. The van der Waals surface area contributed by atoms with Crippen molar-refractivity contribution in [1.29, 1.82) is 0 Å². The van der Waals surface area contributed by atoms with Crippen molar-refractivity contribution in [3.63, 3.8) is 0 Å². The van der Waals surface area contributed by atoms with Gasteiger partial charge in [-0.25, -0.2) is 4.79 Å². The number of rotatable bonds is 5. The number of amides is 2. The second-order valence-electron chi connectivity index (χ2n) is 9.72. The van der Waals surface area contributed by atoms with Crippen molar-refractivity contribution >= 4 is 12.0 Å². The minimum atomic E-state index is -0.574. The summed E-state index contributed by atoms with van der Waals surface area (Å²) < 4.78 is 5.36. The standard InChI is InChI=1S/C21H40N4O3/c1-16(2)15-18(22-20(27)28-21(3,4)5)19(26)25-13-11-24(12-14-25)17-7-9-23(6)10-8-17/h16-18H,7-15H2,1-6H3,(H,22,27)/t18-/m1/s1. The Kier molecular flexibility index (Phi) is 8.13. The maximum absolute atomic E-state index is 13.1. The summed E-state index contributed by atoms with van der Waals surface area (Å²) in [5.74, 6) is 0.326. The molecule has 2 rings (SSSR count). The molecule has 162 valence electrons. The van der Waals surface area contributed by atoms with Gasteiger partial charge in [-0.2, -0.15) is 0 Å². The quantitative estimate of drug-likeness (QED) is 0.772. The molecule has 28 heavy (non-hydrogen) atoms. The normalized spacial score (nSPS) is 21.6. The highest BCUT2D eigenvalue weighted by molar-refractivity contribution is 5.85. The van der Waals surface area contributed by atoms with Gasteiger partial charge < -0.3 is 19.9 Å². The molecular weight excluding hydrogens is 356 g/mol. The molecule has 2 fully saturated rings. The lowest BCUT2D eigenvalue weighted by Crippen LogP contribution is -2.57. The van der Waals surface area contributed by atoms with Crippen LogP contribution in [0.3, 0.4) is 0 Å². The number of hydrogen-bond acceptors (Lipinski definition) is 5. The summed E-state index contributed by atoms with van der Waals surface area (Å²) in [4.78, 5) is 32.1. The van der Waals surface area contributed by atoms with Gasteiger partial charge in [0.05, 0.1) is 0 Å². The van der Waals surface area contributed by atoms with Gasteiger partial charge in [0.1, 0.15) is 11.6 Å². The van der Waals surface area contributed by atoms with Gasteiger partial charge in [-0.1, -0.05) is 13.8 Å². The Hall–Kier alpha value is -1.34. The topological polar surface area (TPSA) is 65.1 Å². The average Bonchev–Trinajstić information content (AvgIpc) is 2.59. The molecular formula is C21H40N4O3. The van der Waals surface area contributed by atoms with Crippen molar-refractivity contribution < 1.29 is 14.3 Å². The van der Waals surface area contributed by atoms with Crippen molar-refractivity contribution in [1.82, 2.24) is 20.0 Å². The van der Waals surface area contributed by atoms with Crippen LogP contribution in [0.1, 0.15) is 53.9 Å². The van der Waals surface area contributed by atoms with Gasteiger partial charge >= 0.3 is 6.09 Å². The van der Waals surface area contributed by atoms with Gasteiger partial charge in [-0.05, 0) is 66.1 Å². The van der Waals surface area contributed by atoms with Gasteiger partial charge in [-0.3, -0.25) is 9.69 Å². The van der Waals surface area contributed by atoms with E-state index in [0.29, 0.717) is 18.4 Å². The molecule has 2 heterocycles. The van der Waals surface area contributed by atoms with E-state index in [1.165, 1.54) is 12.8 Å². The van der Waals surface area contributed by atoms with Crippen molar-refractivity contribution in [2.45, 2.75) is 71.6 Å². The number of ether oxygens (including phenoxy) is 1.